The second-order valence-electron chi connectivity index (χ2n) is 9.20. The summed E-state index contributed by atoms with van der Waals surface area (Å²) < 4.78 is 5.58. The lowest BCUT2D eigenvalue weighted by Crippen LogP contribution is -2.35. The van der Waals surface area contributed by atoms with E-state index < -0.39 is 11.0 Å². The monoisotopic (exact) mass is 447 g/mol. The number of allylic oxidation sites excluding steroid dienone is 1. The first-order valence-corrected chi connectivity index (χ1v) is 10.9. The van der Waals surface area contributed by atoms with Gasteiger partial charge in [-0.3, -0.25) is 0 Å². The standard InChI is InChI=1S/C24H29N7O2/c1-23(2,14-32)30-20-13-27-19(12-28-20)21-29-22(31-33-21)24(3,18-8-9-18)17-6-4-15(5-7-17)16(10-25)11-26/h4-7,10-13,18,25,32H,8-9,14,26H2,1-3H3,(H,28,30)/b16-11+,25-10?/t24-/m0/s1. The van der Waals surface area contributed by atoms with Crippen molar-refractivity contribution in [1.82, 2.24) is 20.1 Å². The topological polar surface area (TPSA) is 147 Å². The Bertz CT molecular complexity index is 1150. The maximum Gasteiger partial charge on any atom is 0.278 e. The van der Waals surface area contributed by atoms with Gasteiger partial charge < -0.3 is 26.1 Å². The maximum atomic E-state index is 9.42. The van der Waals surface area contributed by atoms with Crippen LogP contribution in [0.4, 0.5) is 5.82 Å². The molecule has 0 radical (unpaired) electrons. The predicted octanol–water partition coefficient (Wildman–Crippen LogP) is 3.37. The summed E-state index contributed by atoms with van der Waals surface area (Å²) in [5.41, 5.74) is 7.83. The molecule has 9 heteroatoms. The summed E-state index contributed by atoms with van der Waals surface area (Å²) >= 11 is 0. The Labute approximate surface area is 192 Å². The van der Waals surface area contributed by atoms with E-state index in [4.69, 9.17) is 20.7 Å². The lowest BCUT2D eigenvalue weighted by Gasteiger charge is -2.27. The Morgan fingerprint density at radius 2 is 1.94 bits per heavy atom. The molecule has 1 fully saturated rings. The number of hydrogen-bond donors (Lipinski definition) is 4. The lowest BCUT2D eigenvalue weighted by molar-refractivity contribution is 0.234. The molecule has 172 valence electrons. The van der Waals surface area contributed by atoms with E-state index in [0.29, 0.717) is 34.7 Å². The molecule has 0 saturated heterocycles. The normalized spacial score (nSPS) is 16.3. The molecule has 0 unspecified atom stereocenters. The average Bonchev–Trinajstić information content (AvgIpc) is 3.57. The second kappa shape index (κ2) is 8.74. The van der Waals surface area contributed by atoms with Crippen LogP contribution in [-0.2, 0) is 5.41 Å². The van der Waals surface area contributed by atoms with E-state index in [2.05, 4.69) is 27.4 Å². The van der Waals surface area contributed by atoms with Crippen molar-refractivity contribution in [2.45, 2.75) is 44.6 Å². The minimum atomic E-state index is -0.505. The molecular weight excluding hydrogens is 418 g/mol. The first kappa shape index (κ1) is 22.6. The largest absolute Gasteiger partial charge is 0.404 e. The van der Waals surface area contributed by atoms with Gasteiger partial charge in [-0.1, -0.05) is 29.4 Å². The third-order valence-electron chi connectivity index (χ3n) is 6.17. The summed E-state index contributed by atoms with van der Waals surface area (Å²) in [4.78, 5) is 13.5. The molecule has 9 nitrogen and oxygen atoms in total. The van der Waals surface area contributed by atoms with Crippen molar-refractivity contribution < 1.29 is 9.63 Å². The van der Waals surface area contributed by atoms with E-state index >= 15 is 0 Å². The lowest BCUT2D eigenvalue weighted by atomic mass is 9.76. The van der Waals surface area contributed by atoms with Crippen molar-refractivity contribution in [3.63, 3.8) is 0 Å². The number of aromatic nitrogens is 4. The average molecular weight is 448 g/mol. The minimum Gasteiger partial charge on any atom is -0.404 e. The van der Waals surface area contributed by atoms with Gasteiger partial charge in [0.25, 0.3) is 5.89 Å². The summed E-state index contributed by atoms with van der Waals surface area (Å²) in [6.07, 6.45) is 8.03. The van der Waals surface area contributed by atoms with Crippen LogP contribution >= 0.6 is 0 Å². The van der Waals surface area contributed by atoms with Gasteiger partial charge in [-0.15, -0.1) is 0 Å². The van der Waals surface area contributed by atoms with E-state index in [1.54, 1.807) is 12.4 Å². The van der Waals surface area contributed by atoms with E-state index in [0.717, 1.165) is 24.0 Å². The molecule has 1 aliphatic carbocycles. The quantitative estimate of drug-likeness (QED) is 0.365. The van der Waals surface area contributed by atoms with Crippen LogP contribution < -0.4 is 11.1 Å². The number of nitrogens with two attached hydrogens (primary N) is 1. The summed E-state index contributed by atoms with van der Waals surface area (Å²) in [7, 11) is 0. The Kier molecular flexibility index (Phi) is 5.99. The molecule has 1 atom stereocenters. The van der Waals surface area contributed by atoms with Crippen LogP contribution in [0.2, 0.25) is 0 Å². The molecule has 1 aliphatic rings. The highest BCUT2D eigenvalue weighted by Crippen LogP contribution is 2.50. The number of aliphatic hydroxyl groups excluding tert-OH is 1. The summed E-state index contributed by atoms with van der Waals surface area (Å²) in [6.45, 7) is 5.85. The fourth-order valence-corrected chi connectivity index (χ4v) is 3.87. The zero-order valence-electron chi connectivity index (χ0n) is 19.0. The van der Waals surface area contributed by atoms with Gasteiger partial charge in [0.2, 0.25) is 0 Å². The van der Waals surface area contributed by atoms with Crippen LogP contribution in [0.25, 0.3) is 17.2 Å². The number of nitrogens with one attached hydrogen (secondary N) is 2. The zero-order valence-corrected chi connectivity index (χ0v) is 19.0. The van der Waals surface area contributed by atoms with Crippen LogP contribution in [0.1, 0.15) is 50.6 Å². The first-order chi connectivity index (χ1) is 15.8. The molecule has 33 heavy (non-hydrogen) atoms. The smallest absolute Gasteiger partial charge is 0.278 e. The van der Waals surface area contributed by atoms with Crippen molar-refractivity contribution in [2.75, 3.05) is 11.9 Å². The fraction of sp³-hybridized carbons (Fsp3) is 0.375. The Morgan fingerprint density at radius 1 is 1.21 bits per heavy atom. The third kappa shape index (κ3) is 4.49. The molecule has 0 amide bonds. The Morgan fingerprint density at radius 3 is 2.48 bits per heavy atom. The van der Waals surface area contributed by atoms with Crippen molar-refractivity contribution in [3.8, 4) is 11.6 Å². The van der Waals surface area contributed by atoms with Crippen LogP contribution in [-0.4, -0.2) is 43.6 Å². The molecule has 0 spiro atoms. The minimum absolute atomic E-state index is 0.0324. The van der Waals surface area contributed by atoms with Crippen molar-refractivity contribution >= 4 is 17.6 Å². The third-order valence-corrected chi connectivity index (χ3v) is 6.17. The molecule has 0 bridgehead atoms. The molecule has 1 saturated carbocycles. The highest BCUT2D eigenvalue weighted by Gasteiger charge is 2.47. The van der Waals surface area contributed by atoms with Gasteiger partial charge in [0, 0.05) is 18.0 Å². The van der Waals surface area contributed by atoms with Gasteiger partial charge in [0.05, 0.1) is 30.0 Å². The SMILES string of the molecule is CC(C)(CO)Nc1cnc(-c2nc([C@@](C)(c3ccc(/C(C=N)=C/N)cc3)C3CC3)no2)cn1. The fourth-order valence-electron chi connectivity index (χ4n) is 3.87. The van der Waals surface area contributed by atoms with Crippen LogP contribution in [0.5, 0.6) is 0 Å². The summed E-state index contributed by atoms with van der Waals surface area (Å²) in [5, 5.41) is 24.4. The van der Waals surface area contributed by atoms with Crippen molar-refractivity contribution in [2.24, 2.45) is 11.7 Å². The van der Waals surface area contributed by atoms with E-state index in [-0.39, 0.29) is 6.61 Å². The van der Waals surface area contributed by atoms with Crippen molar-refractivity contribution in [3.05, 3.63) is 59.8 Å². The Hall–Kier alpha value is -3.59. The highest BCUT2D eigenvalue weighted by atomic mass is 16.5. The molecule has 5 N–H and O–H groups in total. The molecule has 1 aromatic carbocycles. The van der Waals surface area contributed by atoms with Crippen molar-refractivity contribution in [1.29, 1.82) is 5.41 Å². The first-order valence-electron chi connectivity index (χ1n) is 10.9. The number of anilines is 1. The molecular formula is C24H29N7O2. The van der Waals surface area contributed by atoms with Crippen LogP contribution in [0.15, 0.2) is 47.4 Å². The van der Waals surface area contributed by atoms with Gasteiger partial charge in [-0.05, 0) is 50.7 Å². The molecule has 0 aliphatic heterocycles. The highest BCUT2D eigenvalue weighted by molar-refractivity contribution is 6.08. The van der Waals surface area contributed by atoms with E-state index in [9.17, 15) is 5.11 Å². The number of hydrogen-bond acceptors (Lipinski definition) is 9. The summed E-state index contributed by atoms with van der Waals surface area (Å²) in [6, 6.07) is 8.01. The summed E-state index contributed by atoms with van der Waals surface area (Å²) in [5.74, 6) is 1.89. The second-order valence-corrected chi connectivity index (χ2v) is 9.20. The van der Waals surface area contributed by atoms with Gasteiger partial charge in [-0.25, -0.2) is 9.97 Å². The van der Waals surface area contributed by atoms with Gasteiger partial charge in [0.1, 0.15) is 11.5 Å². The van der Waals surface area contributed by atoms with Gasteiger partial charge in [0.15, 0.2) is 5.82 Å². The molecule has 2 heterocycles. The van der Waals surface area contributed by atoms with Crippen LogP contribution in [0, 0.1) is 11.3 Å². The number of benzene rings is 1. The van der Waals surface area contributed by atoms with Gasteiger partial charge in [-0.2, -0.15) is 4.98 Å². The maximum absolute atomic E-state index is 9.42. The number of aliphatic hydroxyl groups is 1. The van der Waals surface area contributed by atoms with E-state index in [1.807, 2.05) is 38.1 Å². The van der Waals surface area contributed by atoms with Crippen LogP contribution in [0.3, 0.4) is 0 Å². The number of nitrogens with zero attached hydrogens (tertiary/aromatic N) is 4. The zero-order chi connectivity index (χ0) is 23.6. The Balaban J connectivity index is 1.61. The molecule has 4 rings (SSSR count). The number of rotatable bonds is 9. The molecule has 2 aromatic heterocycles. The van der Waals surface area contributed by atoms with Gasteiger partial charge >= 0.3 is 0 Å². The molecule has 3 aromatic rings. The van der Waals surface area contributed by atoms with E-state index in [1.165, 1.54) is 12.4 Å². The predicted molar refractivity (Wildman–Crippen MR) is 127 cm³/mol.